The van der Waals surface area contributed by atoms with Crippen molar-refractivity contribution in [3.63, 3.8) is 0 Å². The molecule has 2 aromatic carbocycles. The van der Waals surface area contributed by atoms with Crippen LogP contribution in [0.15, 0.2) is 66.9 Å². The van der Waals surface area contributed by atoms with E-state index in [0.29, 0.717) is 6.54 Å². The number of aliphatic carboxylic acids is 1. The first-order valence-electron chi connectivity index (χ1n) is 7.09. The second-order valence-electron chi connectivity index (χ2n) is 5.04. The molecule has 1 atom stereocenters. The zero-order valence-electron chi connectivity index (χ0n) is 11.9. The molecule has 2 N–H and O–H groups in total. The number of nitrogens with zero attached hydrogens (tertiary/aromatic N) is 1. The number of carboxylic acid groups (broad SMARTS) is 1. The zero-order chi connectivity index (χ0) is 15.4. The normalized spacial score (nSPS) is 12.2. The molecule has 3 aromatic rings. The lowest BCUT2D eigenvalue weighted by Crippen LogP contribution is -2.28. The van der Waals surface area contributed by atoms with Crippen LogP contribution in [0.1, 0.15) is 17.3 Å². The molecule has 0 spiro atoms. The summed E-state index contributed by atoms with van der Waals surface area (Å²) < 4.78 is 0. The van der Waals surface area contributed by atoms with E-state index in [1.54, 1.807) is 6.20 Å². The molecule has 0 saturated carbocycles. The van der Waals surface area contributed by atoms with Crippen LogP contribution >= 0.6 is 0 Å². The molecule has 0 radical (unpaired) electrons. The molecule has 1 unspecified atom stereocenters. The summed E-state index contributed by atoms with van der Waals surface area (Å²) in [6.07, 6.45) is 1.70. The molecule has 0 fully saturated rings. The molecular formula is C18H16N2O2. The summed E-state index contributed by atoms with van der Waals surface area (Å²) in [5.41, 5.74) is 1.58. The summed E-state index contributed by atoms with van der Waals surface area (Å²) >= 11 is 0. The van der Waals surface area contributed by atoms with Gasteiger partial charge in [0.2, 0.25) is 0 Å². The number of rotatable bonds is 5. The van der Waals surface area contributed by atoms with Crippen molar-refractivity contribution in [2.24, 2.45) is 0 Å². The van der Waals surface area contributed by atoms with Gasteiger partial charge in [-0.2, -0.15) is 0 Å². The first kappa shape index (κ1) is 14.2. The van der Waals surface area contributed by atoms with Gasteiger partial charge in [-0.05, 0) is 28.5 Å². The molecule has 0 saturated heterocycles. The predicted molar refractivity (Wildman–Crippen MR) is 85.4 cm³/mol. The second kappa shape index (κ2) is 6.37. The molecule has 110 valence electrons. The van der Waals surface area contributed by atoms with E-state index in [1.165, 1.54) is 0 Å². The zero-order valence-corrected chi connectivity index (χ0v) is 11.9. The van der Waals surface area contributed by atoms with Crippen LogP contribution in [0.2, 0.25) is 0 Å². The Balaban J connectivity index is 1.92. The summed E-state index contributed by atoms with van der Waals surface area (Å²) in [5.74, 6) is -0.896. The van der Waals surface area contributed by atoms with E-state index in [0.717, 1.165) is 22.0 Å². The van der Waals surface area contributed by atoms with E-state index < -0.39 is 12.0 Å². The minimum Gasteiger partial charge on any atom is -0.480 e. The maximum atomic E-state index is 11.7. The molecule has 0 aliphatic heterocycles. The van der Waals surface area contributed by atoms with Gasteiger partial charge in [-0.15, -0.1) is 0 Å². The fraction of sp³-hybridized carbons (Fsp3) is 0.111. The highest BCUT2D eigenvalue weighted by Crippen LogP contribution is 2.24. The average Bonchev–Trinajstić information content (AvgIpc) is 2.56. The van der Waals surface area contributed by atoms with Crippen LogP contribution in [0.3, 0.4) is 0 Å². The smallest absolute Gasteiger partial charge is 0.325 e. The van der Waals surface area contributed by atoms with Crippen LogP contribution in [0.4, 0.5) is 0 Å². The van der Waals surface area contributed by atoms with Crippen molar-refractivity contribution >= 4 is 16.7 Å². The van der Waals surface area contributed by atoms with Gasteiger partial charge in [0.15, 0.2) is 0 Å². The van der Waals surface area contributed by atoms with E-state index in [4.69, 9.17) is 0 Å². The van der Waals surface area contributed by atoms with Crippen molar-refractivity contribution in [3.8, 4) is 0 Å². The summed E-state index contributed by atoms with van der Waals surface area (Å²) in [6.45, 7) is 0.404. The number of pyridine rings is 1. The first-order chi connectivity index (χ1) is 10.8. The van der Waals surface area contributed by atoms with E-state index in [-0.39, 0.29) is 0 Å². The van der Waals surface area contributed by atoms with E-state index in [1.807, 2.05) is 60.7 Å². The number of carbonyl (C=O) groups is 1. The second-order valence-corrected chi connectivity index (χ2v) is 5.04. The van der Waals surface area contributed by atoms with E-state index in [2.05, 4.69) is 10.3 Å². The number of nitrogens with one attached hydrogen (secondary N) is 1. The molecule has 1 aromatic heterocycles. The van der Waals surface area contributed by atoms with Gasteiger partial charge in [0.25, 0.3) is 0 Å². The monoisotopic (exact) mass is 292 g/mol. The van der Waals surface area contributed by atoms with Crippen molar-refractivity contribution in [1.82, 2.24) is 10.3 Å². The Hall–Kier alpha value is -2.72. The Labute approximate surface area is 128 Å². The Bertz CT molecular complexity index is 782. The van der Waals surface area contributed by atoms with Crippen LogP contribution in [-0.2, 0) is 11.3 Å². The van der Waals surface area contributed by atoms with Crippen LogP contribution < -0.4 is 5.32 Å². The molecule has 4 heteroatoms. The van der Waals surface area contributed by atoms with Crippen LogP contribution in [0, 0.1) is 0 Å². The number of aromatic nitrogens is 1. The molecule has 0 bridgehead atoms. The molecule has 0 aliphatic rings. The van der Waals surface area contributed by atoms with Crippen molar-refractivity contribution in [3.05, 3.63) is 78.1 Å². The molecule has 1 heterocycles. The lowest BCUT2D eigenvalue weighted by molar-refractivity contribution is -0.139. The maximum absolute atomic E-state index is 11.7. The third kappa shape index (κ3) is 2.97. The minimum atomic E-state index is -0.896. The Morgan fingerprint density at radius 1 is 1.05 bits per heavy atom. The van der Waals surface area contributed by atoms with Crippen molar-refractivity contribution in [2.75, 3.05) is 0 Å². The number of hydrogen-bond donors (Lipinski definition) is 2. The lowest BCUT2D eigenvalue weighted by atomic mass is 9.98. The highest BCUT2D eigenvalue weighted by atomic mass is 16.4. The number of fused-ring (bicyclic) bond motifs is 1. The quantitative estimate of drug-likeness (QED) is 0.758. The van der Waals surface area contributed by atoms with E-state index in [9.17, 15) is 9.90 Å². The van der Waals surface area contributed by atoms with Gasteiger partial charge in [-0.25, -0.2) is 0 Å². The Morgan fingerprint density at radius 2 is 1.82 bits per heavy atom. The molecule has 0 amide bonds. The summed E-state index contributed by atoms with van der Waals surface area (Å²) in [6, 6.07) is 18.3. The van der Waals surface area contributed by atoms with Gasteiger partial charge >= 0.3 is 5.97 Å². The topological polar surface area (TPSA) is 62.2 Å². The predicted octanol–water partition coefficient (Wildman–Crippen LogP) is 3.15. The summed E-state index contributed by atoms with van der Waals surface area (Å²) in [7, 11) is 0. The van der Waals surface area contributed by atoms with Crippen LogP contribution in [-0.4, -0.2) is 16.1 Å². The van der Waals surface area contributed by atoms with Crippen LogP contribution in [0.25, 0.3) is 10.8 Å². The maximum Gasteiger partial charge on any atom is 0.325 e. The van der Waals surface area contributed by atoms with Gasteiger partial charge in [-0.1, -0.05) is 48.5 Å². The lowest BCUT2D eigenvalue weighted by Gasteiger charge is -2.16. The highest BCUT2D eigenvalue weighted by Gasteiger charge is 2.21. The van der Waals surface area contributed by atoms with Crippen molar-refractivity contribution < 1.29 is 9.90 Å². The Kier molecular flexibility index (Phi) is 4.12. The van der Waals surface area contributed by atoms with Crippen LogP contribution in [0.5, 0.6) is 0 Å². The van der Waals surface area contributed by atoms with Gasteiger partial charge in [0, 0.05) is 12.7 Å². The molecule has 22 heavy (non-hydrogen) atoms. The molecule has 4 nitrogen and oxygen atoms in total. The van der Waals surface area contributed by atoms with Gasteiger partial charge in [-0.3, -0.25) is 15.1 Å². The summed E-state index contributed by atoms with van der Waals surface area (Å²) in [4.78, 5) is 15.9. The number of benzene rings is 2. The van der Waals surface area contributed by atoms with Crippen molar-refractivity contribution in [1.29, 1.82) is 0 Å². The number of hydrogen-bond acceptors (Lipinski definition) is 3. The van der Waals surface area contributed by atoms with Gasteiger partial charge in [0.1, 0.15) is 6.04 Å². The van der Waals surface area contributed by atoms with E-state index >= 15 is 0 Å². The Morgan fingerprint density at radius 3 is 2.59 bits per heavy atom. The SMILES string of the molecule is O=C(O)C(NCc1ccccn1)c1cccc2ccccc12. The average molecular weight is 292 g/mol. The largest absolute Gasteiger partial charge is 0.480 e. The third-order valence-electron chi connectivity index (χ3n) is 3.59. The van der Waals surface area contributed by atoms with Gasteiger partial charge in [0.05, 0.1) is 5.69 Å². The number of carboxylic acids is 1. The molecule has 0 aliphatic carbocycles. The minimum absolute atomic E-state index is 0.404. The molecule has 3 rings (SSSR count). The fourth-order valence-corrected chi connectivity index (χ4v) is 2.54. The first-order valence-corrected chi connectivity index (χ1v) is 7.09. The highest BCUT2D eigenvalue weighted by molar-refractivity contribution is 5.90. The summed E-state index contributed by atoms with van der Waals surface area (Å²) in [5, 5.41) is 14.6. The standard InChI is InChI=1S/C18H16N2O2/c21-18(22)17(20-12-14-8-3-4-11-19-14)16-10-5-7-13-6-1-2-9-15(13)16/h1-11,17,20H,12H2,(H,21,22). The van der Waals surface area contributed by atoms with Gasteiger partial charge < -0.3 is 5.11 Å². The third-order valence-corrected chi connectivity index (χ3v) is 3.59. The fourth-order valence-electron chi connectivity index (χ4n) is 2.54. The van der Waals surface area contributed by atoms with Crippen molar-refractivity contribution in [2.45, 2.75) is 12.6 Å². The molecular weight excluding hydrogens is 276 g/mol.